The first-order chi connectivity index (χ1) is 11.6. The zero-order chi connectivity index (χ0) is 19.1. The maximum atomic E-state index is 11.4. The van der Waals surface area contributed by atoms with Gasteiger partial charge in [0, 0.05) is 31.8 Å². The summed E-state index contributed by atoms with van der Waals surface area (Å²) in [5.74, 6) is -0.654. The summed E-state index contributed by atoms with van der Waals surface area (Å²) in [6, 6.07) is 0. The van der Waals surface area contributed by atoms with Gasteiger partial charge < -0.3 is 9.47 Å². The van der Waals surface area contributed by atoms with Crippen LogP contribution in [-0.2, 0) is 9.47 Å². The van der Waals surface area contributed by atoms with Crippen molar-refractivity contribution in [1.29, 1.82) is 0 Å². The molecule has 0 bridgehead atoms. The highest BCUT2D eigenvalue weighted by Crippen LogP contribution is 2.36. The fourth-order valence-electron chi connectivity index (χ4n) is 2.98. The van der Waals surface area contributed by atoms with Crippen LogP contribution in [0.25, 0.3) is 0 Å². The number of nitro groups is 3. The summed E-state index contributed by atoms with van der Waals surface area (Å²) in [5, 5.41) is 33.5. The molecule has 0 N–H and O–H groups in total. The van der Waals surface area contributed by atoms with Gasteiger partial charge in [0.2, 0.25) is 5.54 Å². The van der Waals surface area contributed by atoms with Gasteiger partial charge in [-0.3, -0.25) is 30.3 Å². The third kappa shape index (κ3) is 5.30. The Morgan fingerprint density at radius 3 is 2.00 bits per heavy atom. The van der Waals surface area contributed by atoms with Crippen LogP contribution in [0, 0.1) is 36.3 Å². The van der Waals surface area contributed by atoms with E-state index in [1.54, 1.807) is 0 Å². The molecular weight excluding hydrogens is 338 g/mol. The van der Waals surface area contributed by atoms with E-state index in [9.17, 15) is 30.3 Å². The predicted octanol–water partition coefficient (Wildman–Crippen LogP) is 2.25. The second-order valence-electron chi connectivity index (χ2n) is 6.92. The molecule has 144 valence electrons. The molecule has 11 heteroatoms. The highest BCUT2D eigenvalue weighted by molar-refractivity contribution is 4.82. The van der Waals surface area contributed by atoms with E-state index in [0.29, 0.717) is 25.7 Å². The molecule has 0 unspecified atom stereocenters. The van der Waals surface area contributed by atoms with Crippen molar-refractivity contribution in [2.45, 2.75) is 63.6 Å². The number of ether oxygens (including phenoxy) is 2. The Kier molecular flexibility index (Phi) is 7.61. The van der Waals surface area contributed by atoms with E-state index < -0.39 is 33.6 Å². The minimum Gasteiger partial charge on any atom is -0.355 e. The van der Waals surface area contributed by atoms with E-state index in [1.165, 1.54) is 13.8 Å². The molecule has 0 amide bonds. The first-order valence-electron chi connectivity index (χ1n) is 8.23. The van der Waals surface area contributed by atoms with E-state index in [2.05, 4.69) is 0 Å². The van der Waals surface area contributed by atoms with E-state index >= 15 is 0 Å². The summed E-state index contributed by atoms with van der Waals surface area (Å²) < 4.78 is 10.2. The molecule has 11 nitrogen and oxygen atoms in total. The molecule has 0 saturated heterocycles. The molecule has 0 aromatic rings. The lowest BCUT2D eigenvalue weighted by Gasteiger charge is -2.22. The first-order valence-corrected chi connectivity index (χ1v) is 8.23. The smallest absolute Gasteiger partial charge is 0.355 e. The van der Waals surface area contributed by atoms with Gasteiger partial charge in [-0.25, -0.2) is 0 Å². The Bertz CT molecular complexity index is 476. The number of hydrogen-bond donors (Lipinski definition) is 0. The van der Waals surface area contributed by atoms with Gasteiger partial charge in [0.05, 0.1) is 0 Å². The minimum absolute atomic E-state index is 0.171. The van der Waals surface area contributed by atoms with Crippen LogP contribution in [0.2, 0.25) is 0 Å². The average molecular weight is 363 g/mol. The van der Waals surface area contributed by atoms with Crippen LogP contribution < -0.4 is 0 Å². The van der Waals surface area contributed by atoms with E-state index in [1.807, 2.05) is 0 Å². The van der Waals surface area contributed by atoms with Crippen LogP contribution in [0.4, 0.5) is 0 Å². The van der Waals surface area contributed by atoms with Crippen molar-refractivity contribution < 1.29 is 24.2 Å². The Morgan fingerprint density at radius 2 is 1.52 bits per heavy atom. The van der Waals surface area contributed by atoms with Crippen molar-refractivity contribution in [3.05, 3.63) is 30.3 Å². The zero-order valence-corrected chi connectivity index (χ0v) is 14.5. The Hall–Kier alpha value is -1.88. The normalized spacial score (nSPS) is 16.1. The third-order valence-electron chi connectivity index (χ3n) is 4.69. The highest BCUT2D eigenvalue weighted by Gasteiger charge is 2.63. The lowest BCUT2D eigenvalue weighted by molar-refractivity contribution is -0.809. The van der Waals surface area contributed by atoms with E-state index in [0.717, 1.165) is 12.8 Å². The lowest BCUT2D eigenvalue weighted by atomic mass is 9.92. The topological polar surface area (TPSA) is 148 Å². The molecule has 25 heavy (non-hydrogen) atoms. The standard InChI is InChI=1S/C14H25N3O8/c1-13(2,15(18)19)8-5-9-24-11-25-10-14(16(20)21,17(22)23)12-6-3-4-7-12/h12H,3-11H2,1-2H3. The largest absolute Gasteiger partial charge is 0.483 e. The van der Waals surface area contributed by atoms with Crippen LogP contribution in [0.5, 0.6) is 0 Å². The highest BCUT2D eigenvalue weighted by atomic mass is 16.7. The number of rotatable bonds is 12. The van der Waals surface area contributed by atoms with Crippen LogP contribution in [0.15, 0.2) is 0 Å². The second kappa shape index (κ2) is 8.99. The van der Waals surface area contributed by atoms with Crippen molar-refractivity contribution in [1.82, 2.24) is 0 Å². The molecule has 1 aliphatic rings. The van der Waals surface area contributed by atoms with Crippen molar-refractivity contribution >= 4 is 0 Å². The molecule has 0 heterocycles. The molecule has 1 rings (SSSR count). The van der Waals surface area contributed by atoms with E-state index in [-0.39, 0.29) is 18.3 Å². The Morgan fingerprint density at radius 1 is 0.960 bits per heavy atom. The molecule has 0 radical (unpaired) electrons. The van der Waals surface area contributed by atoms with Crippen molar-refractivity contribution in [3.8, 4) is 0 Å². The SMILES string of the molecule is CC(C)(CCCOCOCC(C1CCCC1)([N+](=O)[O-])[N+](=O)[O-])[N+](=O)[O-]. The summed E-state index contributed by atoms with van der Waals surface area (Å²) in [5.41, 5.74) is -3.40. The summed E-state index contributed by atoms with van der Waals surface area (Å²) in [6.45, 7) is 2.21. The zero-order valence-electron chi connectivity index (χ0n) is 14.5. The Balaban J connectivity index is 2.42. The third-order valence-corrected chi connectivity index (χ3v) is 4.69. The molecule has 1 saturated carbocycles. The van der Waals surface area contributed by atoms with Crippen molar-refractivity contribution in [2.24, 2.45) is 5.92 Å². The maximum Gasteiger partial charge on any atom is 0.483 e. The molecular formula is C14H25N3O8. The second-order valence-corrected chi connectivity index (χ2v) is 6.92. The van der Waals surface area contributed by atoms with Gasteiger partial charge in [-0.1, -0.05) is 12.8 Å². The first kappa shape index (κ1) is 21.2. The van der Waals surface area contributed by atoms with Crippen LogP contribution in [-0.4, -0.2) is 46.0 Å². The molecule has 1 fully saturated rings. The summed E-state index contributed by atoms with van der Waals surface area (Å²) in [4.78, 5) is 31.4. The maximum absolute atomic E-state index is 11.4. The fraction of sp³-hybridized carbons (Fsp3) is 1.00. The summed E-state index contributed by atoms with van der Waals surface area (Å²) in [7, 11) is 0. The van der Waals surface area contributed by atoms with Crippen molar-refractivity contribution in [2.75, 3.05) is 20.0 Å². The molecule has 0 aromatic carbocycles. The molecule has 0 aliphatic heterocycles. The quantitative estimate of drug-likeness (QED) is 0.222. The monoisotopic (exact) mass is 363 g/mol. The van der Waals surface area contributed by atoms with Gasteiger partial charge in [-0.05, 0) is 19.3 Å². The fourth-order valence-corrected chi connectivity index (χ4v) is 2.98. The van der Waals surface area contributed by atoms with Gasteiger partial charge in [-0.2, -0.15) is 0 Å². The predicted molar refractivity (Wildman–Crippen MR) is 85.8 cm³/mol. The average Bonchev–Trinajstić information content (AvgIpc) is 3.03. The van der Waals surface area contributed by atoms with Crippen LogP contribution in [0.3, 0.4) is 0 Å². The molecule has 0 spiro atoms. The van der Waals surface area contributed by atoms with Gasteiger partial charge in [0.15, 0.2) is 6.61 Å². The molecule has 0 atom stereocenters. The summed E-state index contributed by atoms with van der Waals surface area (Å²) >= 11 is 0. The van der Waals surface area contributed by atoms with Gasteiger partial charge in [-0.15, -0.1) is 0 Å². The number of hydrogen-bond acceptors (Lipinski definition) is 8. The van der Waals surface area contributed by atoms with Gasteiger partial charge in [0.1, 0.15) is 22.6 Å². The van der Waals surface area contributed by atoms with E-state index in [4.69, 9.17) is 9.47 Å². The Labute approximate surface area is 145 Å². The minimum atomic E-state index is -2.34. The van der Waals surface area contributed by atoms with Crippen LogP contribution >= 0.6 is 0 Å². The van der Waals surface area contributed by atoms with Crippen molar-refractivity contribution in [3.63, 3.8) is 0 Å². The van der Waals surface area contributed by atoms with Gasteiger partial charge in [0.25, 0.3) is 0 Å². The molecule has 1 aliphatic carbocycles. The lowest BCUT2D eigenvalue weighted by Crippen LogP contribution is -2.55. The molecule has 0 aromatic heterocycles. The van der Waals surface area contributed by atoms with Gasteiger partial charge >= 0.3 is 5.66 Å². The summed E-state index contributed by atoms with van der Waals surface area (Å²) in [6.07, 6.45) is 3.04. The number of nitrogens with zero attached hydrogens (tertiary/aromatic N) is 3. The van der Waals surface area contributed by atoms with Crippen LogP contribution in [0.1, 0.15) is 52.4 Å².